The summed E-state index contributed by atoms with van der Waals surface area (Å²) in [5, 5.41) is 1.61. The van der Waals surface area contributed by atoms with Crippen molar-refractivity contribution >= 4 is 28.5 Å². The van der Waals surface area contributed by atoms with Gasteiger partial charge in [-0.1, -0.05) is 0 Å². The first-order valence-corrected chi connectivity index (χ1v) is 8.72. The van der Waals surface area contributed by atoms with E-state index in [0.29, 0.717) is 9.75 Å². The highest BCUT2D eigenvalue weighted by molar-refractivity contribution is 7.20. The van der Waals surface area contributed by atoms with E-state index in [0.717, 1.165) is 21.1 Å². The summed E-state index contributed by atoms with van der Waals surface area (Å²) in [6, 6.07) is 7.51. The lowest BCUT2D eigenvalue weighted by molar-refractivity contribution is 0.104. The van der Waals surface area contributed by atoms with Crippen LogP contribution in [0.1, 0.15) is 14.5 Å². The molecule has 4 aromatic rings. The van der Waals surface area contributed by atoms with Crippen LogP contribution in [-0.4, -0.2) is 25.7 Å². The molecule has 0 unspecified atom stereocenters. The summed E-state index contributed by atoms with van der Waals surface area (Å²) in [6.07, 6.45) is 10.1. The Bertz CT molecular complexity index is 900. The molecule has 4 aromatic heterocycles. The first-order valence-electron chi connectivity index (χ1n) is 7.08. The average Bonchev–Trinajstić information content (AvgIpc) is 3.33. The first kappa shape index (κ1) is 14.8. The molecule has 0 fully saturated rings. The maximum atomic E-state index is 12.7. The van der Waals surface area contributed by atoms with E-state index in [2.05, 4.69) is 19.9 Å². The number of rotatable bonds is 4. The van der Waals surface area contributed by atoms with Crippen molar-refractivity contribution in [3.63, 3.8) is 0 Å². The fourth-order valence-electron chi connectivity index (χ4n) is 2.14. The molecule has 7 heteroatoms. The lowest BCUT2D eigenvalue weighted by Gasteiger charge is -1.94. The maximum absolute atomic E-state index is 12.7. The fourth-order valence-corrected chi connectivity index (χ4v) is 3.95. The van der Waals surface area contributed by atoms with Crippen LogP contribution in [-0.2, 0) is 0 Å². The second-order valence-electron chi connectivity index (χ2n) is 4.86. The van der Waals surface area contributed by atoms with Crippen molar-refractivity contribution in [3.05, 3.63) is 71.2 Å². The third kappa shape index (κ3) is 2.86. The first-order chi connectivity index (χ1) is 11.8. The minimum Gasteiger partial charge on any atom is -0.287 e. The molecule has 0 aliphatic carbocycles. The normalized spacial score (nSPS) is 10.7. The molecular formula is C17H10N4OS2. The van der Waals surface area contributed by atoms with Crippen LogP contribution in [0.5, 0.6) is 0 Å². The van der Waals surface area contributed by atoms with E-state index < -0.39 is 0 Å². The van der Waals surface area contributed by atoms with Gasteiger partial charge in [0, 0.05) is 48.3 Å². The molecule has 0 N–H and O–H groups in total. The van der Waals surface area contributed by atoms with E-state index in [9.17, 15) is 4.79 Å². The molecule has 0 aliphatic rings. The van der Waals surface area contributed by atoms with Crippen LogP contribution in [0.3, 0.4) is 0 Å². The van der Waals surface area contributed by atoms with Crippen LogP contribution in [0.15, 0.2) is 61.4 Å². The highest BCUT2D eigenvalue weighted by Gasteiger charge is 2.17. The van der Waals surface area contributed by atoms with Gasteiger partial charge in [0.15, 0.2) is 0 Å². The van der Waals surface area contributed by atoms with Gasteiger partial charge in [0.2, 0.25) is 5.78 Å². The minimum atomic E-state index is -0.0504. The van der Waals surface area contributed by atoms with Crippen molar-refractivity contribution < 1.29 is 4.79 Å². The molecule has 0 aromatic carbocycles. The van der Waals surface area contributed by atoms with Crippen LogP contribution in [0, 0.1) is 0 Å². The molecular weight excluding hydrogens is 340 g/mol. The Morgan fingerprint density at radius 2 is 1.12 bits per heavy atom. The number of carbonyl (C=O) groups excluding carboxylic acids is 1. The SMILES string of the molecule is O=C(c1cnc(-c2ccncc2)s1)c1cnc(-c2ccncc2)s1. The summed E-state index contributed by atoms with van der Waals surface area (Å²) >= 11 is 2.75. The molecule has 0 atom stereocenters. The van der Waals surface area contributed by atoms with Crippen LogP contribution in [0.25, 0.3) is 21.1 Å². The quantitative estimate of drug-likeness (QED) is 0.521. The van der Waals surface area contributed by atoms with E-state index in [-0.39, 0.29) is 5.78 Å². The highest BCUT2D eigenvalue weighted by atomic mass is 32.1. The number of hydrogen-bond donors (Lipinski definition) is 0. The summed E-state index contributed by atoms with van der Waals surface area (Å²) in [7, 11) is 0. The Hall–Kier alpha value is -2.77. The zero-order valence-corrected chi connectivity index (χ0v) is 13.9. The van der Waals surface area contributed by atoms with Crippen LogP contribution in [0.2, 0.25) is 0 Å². The number of aromatic nitrogens is 4. The molecule has 5 nitrogen and oxygen atoms in total. The van der Waals surface area contributed by atoms with Gasteiger partial charge in [-0.05, 0) is 24.3 Å². The Labute approximate surface area is 145 Å². The van der Waals surface area contributed by atoms with E-state index in [1.165, 1.54) is 22.7 Å². The molecule has 0 saturated carbocycles. The molecule has 0 radical (unpaired) electrons. The van der Waals surface area contributed by atoms with Crippen molar-refractivity contribution in [2.45, 2.75) is 0 Å². The predicted molar refractivity (Wildman–Crippen MR) is 94.1 cm³/mol. The third-order valence-corrected chi connectivity index (χ3v) is 5.40. The van der Waals surface area contributed by atoms with Crippen LogP contribution < -0.4 is 0 Å². The van der Waals surface area contributed by atoms with Gasteiger partial charge >= 0.3 is 0 Å². The van der Waals surface area contributed by atoms with Gasteiger partial charge in [-0.25, -0.2) is 9.97 Å². The predicted octanol–water partition coefficient (Wildman–Crippen LogP) is 3.95. The van der Waals surface area contributed by atoms with Gasteiger partial charge in [-0.15, -0.1) is 22.7 Å². The number of pyridine rings is 2. The standard InChI is InChI=1S/C17H10N4OS2/c22-15(13-9-20-16(23-13)11-1-5-18-6-2-11)14-10-21-17(24-14)12-3-7-19-8-4-12/h1-10H. The van der Waals surface area contributed by atoms with Gasteiger partial charge < -0.3 is 0 Å². The molecule has 4 heterocycles. The summed E-state index contributed by atoms with van der Waals surface area (Å²) in [5.41, 5.74) is 1.91. The lowest BCUT2D eigenvalue weighted by atomic mass is 10.3. The summed E-state index contributed by atoms with van der Waals surface area (Å²) in [4.78, 5) is 30.5. The molecule has 24 heavy (non-hydrogen) atoms. The maximum Gasteiger partial charge on any atom is 0.216 e. The average molecular weight is 350 g/mol. The van der Waals surface area contributed by atoms with Gasteiger partial charge in [-0.3, -0.25) is 14.8 Å². The van der Waals surface area contributed by atoms with E-state index in [4.69, 9.17) is 0 Å². The topological polar surface area (TPSA) is 68.6 Å². The largest absolute Gasteiger partial charge is 0.287 e. The smallest absolute Gasteiger partial charge is 0.216 e. The summed E-state index contributed by atoms with van der Waals surface area (Å²) in [6.45, 7) is 0. The highest BCUT2D eigenvalue weighted by Crippen LogP contribution is 2.30. The minimum absolute atomic E-state index is 0.0504. The van der Waals surface area contributed by atoms with E-state index in [1.54, 1.807) is 37.2 Å². The summed E-state index contributed by atoms with van der Waals surface area (Å²) in [5.74, 6) is -0.0504. The Morgan fingerprint density at radius 1 is 0.708 bits per heavy atom. The van der Waals surface area contributed by atoms with Gasteiger partial charge in [0.25, 0.3) is 0 Å². The number of ketones is 1. The molecule has 4 rings (SSSR count). The van der Waals surface area contributed by atoms with Crippen molar-refractivity contribution in [1.82, 2.24) is 19.9 Å². The van der Waals surface area contributed by atoms with Crippen molar-refractivity contribution in [2.75, 3.05) is 0 Å². The van der Waals surface area contributed by atoms with Crippen molar-refractivity contribution in [1.29, 1.82) is 0 Å². The van der Waals surface area contributed by atoms with Crippen LogP contribution >= 0.6 is 22.7 Å². The molecule has 0 amide bonds. The third-order valence-electron chi connectivity index (χ3n) is 3.31. The van der Waals surface area contributed by atoms with E-state index in [1.807, 2.05) is 24.3 Å². The summed E-state index contributed by atoms with van der Waals surface area (Å²) < 4.78 is 0. The Balaban J connectivity index is 1.61. The molecule has 0 bridgehead atoms. The van der Waals surface area contributed by atoms with Crippen molar-refractivity contribution in [3.8, 4) is 21.1 Å². The number of hydrogen-bond acceptors (Lipinski definition) is 7. The molecule has 0 spiro atoms. The van der Waals surface area contributed by atoms with Gasteiger partial charge in [0.1, 0.15) is 10.0 Å². The Morgan fingerprint density at radius 3 is 1.54 bits per heavy atom. The number of thiazole rings is 2. The molecule has 0 aliphatic heterocycles. The molecule has 0 saturated heterocycles. The fraction of sp³-hybridized carbons (Fsp3) is 0. The van der Waals surface area contributed by atoms with Crippen LogP contribution in [0.4, 0.5) is 0 Å². The molecule has 116 valence electrons. The second kappa shape index (κ2) is 6.38. The number of nitrogens with zero attached hydrogens (tertiary/aromatic N) is 4. The zero-order valence-electron chi connectivity index (χ0n) is 12.3. The van der Waals surface area contributed by atoms with Gasteiger partial charge in [-0.2, -0.15) is 0 Å². The number of carbonyl (C=O) groups is 1. The van der Waals surface area contributed by atoms with E-state index >= 15 is 0 Å². The van der Waals surface area contributed by atoms with Crippen molar-refractivity contribution in [2.24, 2.45) is 0 Å². The second-order valence-corrected chi connectivity index (χ2v) is 6.92. The monoisotopic (exact) mass is 350 g/mol. The Kier molecular flexibility index (Phi) is 3.94. The zero-order chi connectivity index (χ0) is 16.4. The lowest BCUT2D eigenvalue weighted by Crippen LogP contribution is -1.94. The van der Waals surface area contributed by atoms with Gasteiger partial charge in [0.05, 0.1) is 9.75 Å².